The summed E-state index contributed by atoms with van der Waals surface area (Å²) >= 11 is 3.39. The molecule has 0 aliphatic rings. The smallest absolute Gasteiger partial charge is 0.0413 e. The van der Waals surface area contributed by atoms with E-state index in [0.29, 0.717) is 0 Å². The topological polar surface area (TPSA) is 12.9 Å². The predicted octanol–water partition coefficient (Wildman–Crippen LogP) is 4.36. The van der Waals surface area contributed by atoms with E-state index in [4.69, 9.17) is 0 Å². The normalized spacial score (nSPS) is 10.4. The lowest BCUT2D eigenvalue weighted by molar-refractivity contribution is 0.628. The number of pyridine rings is 1. The molecule has 1 aromatic rings. The fraction of sp³-hybridized carbons (Fsp3) is 0.583. The molecular formula is C12H18BrN. The molecule has 0 spiro atoms. The van der Waals surface area contributed by atoms with Gasteiger partial charge in [0.25, 0.3) is 0 Å². The number of unbranched alkanes of at least 4 members (excludes halogenated alkanes) is 4. The summed E-state index contributed by atoms with van der Waals surface area (Å²) in [7, 11) is 0. The van der Waals surface area contributed by atoms with Gasteiger partial charge in [0, 0.05) is 16.4 Å². The van der Waals surface area contributed by atoms with E-state index in [2.05, 4.69) is 40.0 Å². The summed E-state index contributed by atoms with van der Waals surface area (Å²) in [6.07, 6.45) is 9.66. The highest BCUT2D eigenvalue weighted by Crippen LogP contribution is 2.10. The molecule has 0 fully saturated rings. The Labute approximate surface area is 95.1 Å². The quantitative estimate of drug-likeness (QED) is 0.689. The van der Waals surface area contributed by atoms with Crippen molar-refractivity contribution in [3.05, 3.63) is 28.5 Å². The van der Waals surface area contributed by atoms with Gasteiger partial charge >= 0.3 is 0 Å². The SMILES string of the molecule is CCCCCCCc1ccc(Br)cn1. The van der Waals surface area contributed by atoms with Crippen LogP contribution in [-0.2, 0) is 6.42 Å². The van der Waals surface area contributed by atoms with Gasteiger partial charge in [0.05, 0.1) is 0 Å². The minimum atomic E-state index is 1.06. The maximum atomic E-state index is 4.35. The minimum absolute atomic E-state index is 1.06. The molecule has 0 saturated carbocycles. The number of aromatic nitrogens is 1. The number of hydrogen-bond donors (Lipinski definition) is 0. The summed E-state index contributed by atoms with van der Waals surface area (Å²) in [6, 6.07) is 4.16. The average molecular weight is 256 g/mol. The van der Waals surface area contributed by atoms with Crippen molar-refractivity contribution in [1.29, 1.82) is 0 Å². The summed E-state index contributed by atoms with van der Waals surface area (Å²) in [6.45, 7) is 2.25. The fourth-order valence-electron chi connectivity index (χ4n) is 1.46. The molecule has 14 heavy (non-hydrogen) atoms. The van der Waals surface area contributed by atoms with Crippen LogP contribution >= 0.6 is 15.9 Å². The van der Waals surface area contributed by atoms with Crippen molar-refractivity contribution in [3.63, 3.8) is 0 Å². The highest BCUT2D eigenvalue weighted by atomic mass is 79.9. The van der Waals surface area contributed by atoms with Crippen LogP contribution in [0.25, 0.3) is 0 Å². The number of hydrogen-bond acceptors (Lipinski definition) is 1. The monoisotopic (exact) mass is 255 g/mol. The summed E-state index contributed by atoms with van der Waals surface area (Å²) in [5.74, 6) is 0. The van der Waals surface area contributed by atoms with Gasteiger partial charge in [-0.05, 0) is 40.9 Å². The van der Waals surface area contributed by atoms with Crippen molar-refractivity contribution in [1.82, 2.24) is 4.98 Å². The molecule has 0 bridgehead atoms. The summed E-state index contributed by atoms with van der Waals surface area (Å²) in [5.41, 5.74) is 1.21. The zero-order chi connectivity index (χ0) is 10.2. The van der Waals surface area contributed by atoms with Crippen molar-refractivity contribution in [2.75, 3.05) is 0 Å². The lowest BCUT2D eigenvalue weighted by Crippen LogP contribution is -1.89. The second kappa shape index (κ2) is 6.99. The maximum absolute atomic E-state index is 4.35. The van der Waals surface area contributed by atoms with Crippen molar-refractivity contribution in [2.24, 2.45) is 0 Å². The van der Waals surface area contributed by atoms with Crippen molar-refractivity contribution < 1.29 is 0 Å². The largest absolute Gasteiger partial charge is 0.260 e. The van der Waals surface area contributed by atoms with Crippen LogP contribution in [0, 0.1) is 0 Å². The molecule has 0 N–H and O–H groups in total. The molecule has 1 rings (SSSR count). The second-order valence-electron chi connectivity index (χ2n) is 3.63. The van der Waals surface area contributed by atoms with E-state index in [9.17, 15) is 0 Å². The number of nitrogens with zero attached hydrogens (tertiary/aromatic N) is 1. The predicted molar refractivity (Wildman–Crippen MR) is 64.4 cm³/mol. The van der Waals surface area contributed by atoms with Gasteiger partial charge in [0.15, 0.2) is 0 Å². The van der Waals surface area contributed by atoms with Crippen molar-refractivity contribution in [3.8, 4) is 0 Å². The third kappa shape index (κ3) is 4.75. The molecule has 0 unspecified atom stereocenters. The van der Waals surface area contributed by atoms with Gasteiger partial charge in [0.2, 0.25) is 0 Å². The van der Waals surface area contributed by atoms with E-state index >= 15 is 0 Å². The number of halogens is 1. The average Bonchev–Trinajstić information content (AvgIpc) is 2.21. The van der Waals surface area contributed by atoms with E-state index in [-0.39, 0.29) is 0 Å². The van der Waals surface area contributed by atoms with E-state index in [1.54, 1.807) is 0 Å². The first-order valence-electron chi connectivity index (χ1n) is 5.43. The molecule has 1 aromatic heterocycles. The molecule has 1 nitrogen and oxygen atoms in total. The van der Waals surface area contributed by atoms with E-state index in [1.807, 2.05) is 6.20 Å². The lowest BCUT2D eigenvalue weighted by Gasteiger charge is -2.00. The number of aryl methyl sites for hydroxylation is 1. The Balaban J connectivity index is 2.15. The molecule has 0 aromatic carbocycles. The highest BCUT2D eigenvalue weighted by Gasteiger charge is 1.94. The number of rotatable bonds is 6. The van der Waals surface area contributed by atoms with Gasteiger partial charge in [-0.25, -0.2) is 0 Å². The molecule has 0 aliphatic heterocycles. The van der Waals surface area contributed by atoms with Gasteiger partial charge in [-0.3, -0.25) is 4.98 Å². The first kappa shape index (κ1) is 11.7. The van der Waals surface area contributed by atoms with Crippen LogP contribution in [-0.4, -0.2) is 4.98 Å². The maximum Gasteiger partial charge on any atom is 0.0413 e. The second-order valence-corrected chi connectivity index (χ2v) is 4.55. The Morgan fingerprint density at radius 2 is 1.93 bits per heavy atom. The van der Waals surface area contributed by atoms with E-state index in [1.165, 1.54) is 37.8 Å². The zero-order valence-electron chi connectivity index (χ0n) is 8.80. The minimum Gasteiger partial charge on any atom is -0.260 e. The molecule has 0 atom stereocenters. The third-order valence-electron chi connectivity index (χ3n) is 2.33. The molecule has 2 heteroatoms. The van der Waals surface area contributed by atoms with Gasteiger partial charge in [-0.1, -0.05) is 32.6 Å². The van der Waals surface area contributed by atoms with Crippen LogP contribution in [0.15, 0.2) is 22.8 Å². The molecule has 0 saturated heterocycles. The summed E-state index contributed by atoms with van der Waals surface area (Å²) < 4.78 is 1.06. The highest BCUT2D eigenvalue weighted by molar-refractivity contribution is 9.10. The Bertz CT molecular complexity index is 243. The van der Waals surface area contributed by atoms with Crippen LogP contribution < -0.4 is 0 Å². The standard InChI is InChI=1S/C12H18BrN/c1-2-3-4-5-6-7-12-9-8-11(13)10-14-12/h8-10H,2-7H2,1H3. The fourth-order valence-corrected chi connectivity index (χ4v) is 1.70. The summed E-state index contributed by atoms with van der Waals surface area (Å²) in [5, 5.41) is 0. The van der Waals surface area contributed by atoms with Crippen molar-refractivity contribution in [2.45, 2.75) is 45.4 Å². The van der Waals surface area contributed by atoms with Gasteiger partial charge < -0.3 is 0 Å². The van der Waals surface area contributed by atoms with Crippen LogP contribution in [0.1, 0.15) is 44.7 Å². The van der Waals surface area contributed by atoms with Crippen LogP contribution in [0.4, 0.5) is 0 Å². The first-order chi connectivity index (χ1) is 6.83. The van der Waals surface area contributed by atoms with Crippen LogP contribution in [0.2, 0.25) is 0 Å². The zero-order valence-corrected chi connectivity index (χ0v) is 10.4. The Morgan fingerprint density at radius 1 is 1.14 bits per heavy atom. The van der Waals surface area contributed by atoms with Crippen molar-refractivity contribution >= 4 is 15.9 Å². The van der Waals surface area contributed by atoms with E-state index in [0.717, 1.165) is 10.9 Å². The summed E-state index contributed by atoms with van der Waals surface area (Å²) in [4.78, 5) is 4.35. The van der Waals surface area contributed by atoms with Crippen LogP contribution in [0.3, 0.4) is 0 Å². The van der Waals surface area contributed by atoms with Crippen LogP contribution in [0.5, 0.6) is 0 Å². The Morgan fingerprint density at radius 3 is 2.57 bits per heavy atom. The molecule has 0 amide bonds. The Hall–Kier alpha value is -0.370. The van der Waals surface area contributed by atoms with Gasteiger partial charge in [-0.2, -0.15) is 0 Å². The lowest BCUT2D eigenvalue weighted by atomic mass is 10.1. The molecule has 0 aliphatic carbocycles. The first-order valence-corrected chi connectivity index (χ1v) is 6.22. The molecular weight excluding hydrogens is 238 g/mol. The van der Waals surface area contributed by atoms with Gasteiger partial charge in [-0.15, -0.1) is 0 Å². The molecule has 0 radical (unpaired) electrons. The third-order valence-corrected chi connectivity index (χ3v) is 2.79. The molecule has 1 heterocycles. The molecule has 78 valence electrons. The Kier molecular flexibility index (Phi) is 5.85. The van der Waals surface area contributed by atoms with E-state index < -0.39 is 0 Å². The van der Waals surface area contributed by atoms with Gasteiger partial charge in [0.1, 0.15) is 0 Å².